The number of hydrogen-bond acceptors (Lipinski definition) is 2. The number of aliphatic hydroxyl groups is 1. The predicted molar refractivity (Wildman–Crippen MR) is 46.4 cm³/mol. The van der Waals surface area contributed by atoms with E-state index in [-0.39, 0.29) is 0 Å². The number of nitrogens with one attached hydrogen (secondary N) is 1. The third-order valence-electron chi connectivity index (χ3n) is 3.37. The molecule has 0 aromatic heterocycles. The fourth-order valence-electron chi connectivity index (χ4n) is 1.84. The molecule has 1 fully saturated rings. The summed E-state index contributed by atoms with van der Waals surface area (Å²) < 4.78 is 0. The summed E-state index contributed by atoms with van der Waals surface area (Å²) in [6, 6.07) is 0. The Bertz CT molecular complexity index is 136. The zero-order chi connectivity index (χ0) is 8.48. The Morgan fingerprint density at radius 2 is 2.27 bits per heavy atom. The summed E-state index contributed by atoms with van der Waals surface area (Å²) in [5.41, 5.74) is 0.300. The summed E-state index contributed by atoms with van der Waals surface area (Å²) in [6.07, 6.45) is 0. The largest absolute Gasteiger partial charge is 0.396 e. The molecule has 2 heteroatoms. The third-order valence-corrected chi connectivity index (χ3v) is 3.37. The summed E-state index contributed by atoms with van der Waals surface area (Å²) >= 11 is 0. The minimum Gasteiger partial charge on any atom is -0.396 e. The predicted octanol–water partition coefficient (Wildman–Crippen LogP) is 0.860. The average molecular weight is 157 g/mol. The van der Waals surface area contributed by atoms with Crippen molar-refractivity contribution in [2.75, 3.05) is 19.7 Å². The van der Waals surface area contributed by atoms with Gasteiger partial charge in [0.2, 0.25) is 0 Å². The van der Waals surface area contributed by atoms with E-state index in [9.17, 15) is 0 Å². The lowest BCUT2D eigenvalue weighted by molar-refractivity contribution is 0.105. The molecule has 2 nitrogen and oxygen atoms in total. The molecular formula is C9H19NO. The van der Waals surface area contributed by atoms with Gasteiger partial charge >= 0.3 is 0 Å². The molecular weight excluding hydrogens is 138 g/mol. The molecule has 1 aliphatic heterocycles. The maximum atomic E-state index is 9.11. The molecule has 11 heavy (non-hydrogen) atoms. The van der Waals surface area contributed by atoms with Crippen LogP contribution in [0.5, 0.6) is 0 Å². The van der Waals surface area contributed by atoms with E-state index in [1.165, 1.54) is 0 Å². The first kappa shape index (κ1) is 9.01. The van der Waals surface area contributed by atoms with Gasteiger partial charge in [-0.05, 0) is 11.3 Å². The van der Waals surface area contributed by atoms with E-state index in [2.05, 4.69) is 26.1 Å². The smallest absolute Gasteiger partial charge is 0.0477 e. The van der Waals surface area contributed by atoms with Crippen molar-refractivity contribution < 1.29 is 5.11 Å². The summed E-state index contributed by atoms with van der Waals surface area (Å²) in [6.45, 7) is 9.08. The Labute approximate surface area is 69.0 Å². The molecule has 1 heterocycles. The molecule has 0 amide bonds. The van der Waals surface area contributed by atoms with E-state index in [1.807, 2.05) is 0 Å². The highest BCUT2D eigenvalue weighted by atomic mass is 16.3. The van der Waals surface area contributed by atoms with E-state index >= 15 is 0 Å². The molecule has 1 aliphatic rings. The Kier molecular flexibility index (Phi) is 2.55. The van der Waals surface area contributed by atoms with Crippen molar-refractivity contribution in [1.82, 2.24) is 5.32 Å². The maximum Gasteiger partial charge on any atom is 0.0477 e. The van der Waals surface area contributed by atoms with E-state index < -0.39 is 0 Å². The molecule has 1 saturated heterocycles. The second-order valence-corrected chi connectivity index (χ2v) is 4.17. The lowest BCUT2D eigenvalue weighted by Gasteiger charge is -2.33. The monoisotopic (exact) mass is 157 g/mol. The van der Waals surface area contributed by atoms with E-state index in [0.717, 1.165) is 13.1 Å². The van der Waals surface area contributed by atoms with Crippen LogP contribution < -0.4 is 5.32 Å². The van der Waals surface area contributed by atoms with Gasteiger partial charge in [-0.2, -0.15) is 0 Å². The van der Waals surface area contributed by atoms with Crippen LogP contribution in [-0.4, -0.2) is 24.8 Å². The standard InChI is InChI=1S/C9H19NO/c1-7(2)9(3)6-10-4-8(9)5-11/h7-8,10-11H,4-6H2,1-3H3. The first-order chi connectivity index (χ1) is 5.11. The Hall–Kier alpha value is -0.0800. The normalized spacial score (nSPS) is 38.5. The Morgan fingerprint density at radius 3 is 2.64 bits per heavy atom. The lowest BCUT2D eigenvalue weighted by Crippen LogP contribution is -2.34. The zero-order valence-electron chi connectivity index (χ0n) is 7.72. The van der Waals surface area contributed by atoms with E-state index in [0.29, 0.717) is 23.9 Å². The number of hydrogen-bond donors (Lipinski definition) is 2. The summed E-state index contributed by atoms with van der Waals surface area (Å²) in [5.74, 6) is 1.09. The highest BCUT2D eigenvalue weighted by Gasteiger charge is 2.40. The van der Waals surface area contributed by atoms with Crippen LogP contribution in [0.4, 0.5) is 0 Å². The fraction of sp³-hybridized carbons (Fsp3) is 1.00. The molecule has 2 atom stereocenters. The molecule has 0 radical (unpaired) electrons. The van der Waals surface area contributed by atoms with Gasteiger partial charge < -0.3 is 10.4 Å². The second kappa shape index (κ2) is 3.11. The van der Waals surface area contributed by atoms with E-state index in [4.69, 9.17) is 5.11 Å². The summed E-state index contributed by atoms with van der Waals surface area (Å²) in [4.78, 5) is 0. The van der Waals surface area contributed by atoms with Crippen molar-refractivity contribution in [3.8, 4) is 0 Å². The van der Waals surface area contributed by atoms with Gasteiger partial charge in [-0.3, -0.25) is 0 Å². The highest BCUT2D eigenvalue weighted by Crippen LogP contribution is 2.37. The van der Waals surface area contributed by atoms with Crippen molar-refractivity contribution >= 4 is 0 Å². The van der Waals surface area contributed by atoms with Crippen LogP contribution >= 0.6 is 0 Å². The molecule has 2 unspecified atom stereocenters. The summed E-state index contributed by atoms with van der Waals surface area (Å²) in [7, 11) is 0. The number of aliphatic hydroxyl groups excluding tert-OH is 1. The molecule has 66 valence electrons. The van der Waals surface area contributed by atoms with Gasteiger partial charge in [0, 0.05) is 25.6 Å². The fourth-order valence-corrected chi connectivity index (χ4v) is 1.84. The topological polar surface area (TPSA) is 32.3 Å². The van der Waals surface area contributed by atoms with Crippen LogP contribution in [-0.2, 0) is 0 Å². The molecule has 0 bridgehead atoms. The van der Waals surface area contributed by atoms with Crippen molar-refractivity contribution in [2.45, 2.75) is 20.8 Å². The van der Waals surface area contributed by atoms with Crippen molar-refractivity contribution in [1.29, 1.82) is 0 Å². The Balaban J connectivity index is 2.67. The van der Waals surface area contributed by atoms with Crippen molar-refractivity contribution in [3.05, 3.63) is 0 Å². The lowest BCUT2D eigenvalue weighted by atomic mass is 9.72. The molecule has 0 aromatic carbocycles. The molecule has 0 aromatic rings. The first-order valence-electron chi connectivity index (χ1n) is 4.43. The van der Waals surface area contributed by atoms with Crippen LogP contribution in [0.1, 0.15) is 20.8 Å². The minimum atomic E-state index is 0.300. The average Bonchev–Trinajstić information content (AvgIpc) is 2.32. The quantitative estimate of drug-likeness (QED) is 0.623. The Morgan fingerprint density at radius 1 is 1.64 bits per heavy atom. The van der Waals surface area contributed by atoms with Gasteiger partial charge in [0.25, 0.3) is 0 Å². The summed E-state index contributed by atoms with van der Waals surface area (Å²) in [5, 5.41) is 12.4. The SMILES string of the molecule is CC(C)C1(C)CNCC1CO. The maximum absolute atomic E-state index is 9.11. The third kappa shape index (κ3) is 1.42. The van der Waals surface area contributed by atoms with Gasteiger partial charge in [-0.15, -0.1) is 0 Å². The van der Waals surface area contributed by atoms with Crippen LogP contribution in [0, 0.1) is 17.3 Å². The van der Waals surface area contributed by atoms with Gasteiger partial charge in [0.05, 0.1) is 0 Å². The van der Waals surface area contributed by atoms with Crippen LogP contribution in [0.3, 0.4) is 0 Å². The molecule has 2 N–H and O–H groups in total. The van der Waals surface area contributed by atoms with Gasteiger partial charge in [0.1, 0.15) is 0 Å². The van der Waals surface area contributed by atoms with Crippen LogP contribution in [0.15, 0.2) is 0 Å². The first-order valence-corrected chi connectivity index (χ1v) is 4.43. The van der Waals surface area contributed by atoms with Crippen molar-refractivity contribution in [3.63, 3.8) is 0 Å². The van der Waals surface area contributed by atoms with Gasteiger partial charge in [-0.25, -0.2) is 0 Å². The molecule has 0 spiro atoms. The van der Waals surface area contributed by atoms with Crippen molar-refractivity contribution in [2.24, 2.45) is 17.3 Å². The molecule has 1 rings (SSSR count). The molecule has 0 saturated carbocycles. The van der Waals surface area contributed by atoms with E-state index in [1.54, 1.807) is 0 Å². The minimum absolute atomic E-state index is 0.300. The zero-order valence-corrected chi connectivity index (χ0v) is 7.72. The molecule has 0 aliphatic carbocycles. The van der Waals surface area contributed by atoms with Gasteiger partial charge in [-0.1, -0.05) is 20.8 Å². The highest BCUT2D eigenvalue weighted by molar-refractivity contribution is 4.93. The second-order valence-electron chi connectivity index (χ2n) is 4.17. The number of rotatable bonds is 2. The van der Waals surface area contributed by atoms with Crippen LogP contribution in [0.2, 0.25) is 0 Å². The van der Waals surface area contributed by atoms with Gasteiger partial charge in [0.15, 0.2) is 0 Å². The van der Waals surface area contributed by atoms with Crippen LogP contribution in [0.25, 0.3) is 0 Å².